The summed E-state index contributed by atoms with van der Waals surface area (Å²) in [5, 5.41) is 0. The van der Waals surface area contributed by atoms with E-state index in [4.69, 9.17) is 0 Å². The summed E-state index contributed by atoms with van der Waals surface area (Å²) in [5.41, 5.74) is 0.416. The van der Waals surface area contributed by atoms with Gasteiger partial charge in [-0.25, -0.2) is 34.4 Å². The molecule has 0 aliphatic rings. The third-order valence-electron chi connectivity index (χ3n) is 4.93. The smallest absolute Gasteiger partial charge is 0.387 e. The molecule has 0 amide bonds. The lowest BCUT2D eigenvalue weighted by Gasteiger charge is -2.15. The summed E-state index contributed by atoms with van der Waals surface area (Å²) in [6.07, 6.45) is 0.960. The molecule has 0 bridgehead atoms. The summed E-state index contributed by atoms with van der Waals surface area (Å²) in [4.78, 5) is -2.97. The first-order chi connectivity index (χ1) is 16.6. The number of rotatable bonds is 9. The van der Waals surface area contributed by atoms with Crippen LogP contribution in [0.25, 0.3) is 0 Å². The van der Waals surface area contributed by atoms with E-state index in [0.29, 0.717) is 11.6 Å². The summed E-state index contributed by atoms with van der Waals surface area (Å²) in [5.74, 6) is -1.81. The summed E-state index contributed by atoms with van der Waals surface area (Å²) < 4.78 is 123. The monoisotopic (exact) mass is 563 g/mol. The Morgan fingerprint density at radius 1 is 0.778 bits per heavy atom. The highest BCUT2D eigenvalue weighted by Gasteiger charge is 2.32. The van der Waals surface area contributed by atoms with Crippen LogP contribution in [0.4, 0.5) is 13.2 Å². The van der Waals surface area contributed by atoms with Crippen LogP contribution in [0.15, 0.2) is 86.3 Å². The average molecular weight is 564 g/mol. The highest BCUT2D eigenvalue weighted by atomic mass is 32.2. The predicted octanol–water partition coefficient (Wildman–Crippen LogP) is 3.70. The minimum absolute atomic E-state index is 0.370. The predicted molar refractivity (Wildman–Crippen MR) is 123 cm³/mol. The van der Waals surface area contributed by atoms with Crippen molar-refractivity contribution in [1.82, 2.24) is 4.72 Å². The number of benzene rings is 3. The number of sulfone groups is 2. The Kier molecular flexibility index (Phi) is 7.83. The lowest BCUT2D eigenvalue weighted by Crippen LogP contribution is -2.25. The molecular weight excluding hydrogens is 543 g/mol. The van der Waals surface area contributed by atoms with Crippen molar-refractivity contribution < 1.29 is 43.2 Å². The van der Waals surface area contributed by atoms with Crippen LogP contribution in [0.1, 0.15) is 18.5 Å². The van der Waals surface area contributed by atoms with Crippen molar-refractivity contribution in [3.05, 3.63) is 78.1 Å². The molecule has 0 saturated heterocycles. The third-order valence-corrected chi connectivity index (χ3v) is 9.49. The van der Waals surface area contributed by atoms with Crippen LogP contribution >= 0.6 is 0 Å². The molecular formula is C22H20F3NO7S3. The fourth-order valence-corrected chi connectivity index (χ4v) is 7.51. The second-order valence-electron chi connectivity index (χ2n) is 7.61. The van der Waals surface area contributed by atoms with Gasteiger partial charge in [-0.15, -0.1) is 0 Å². The van der Waals surface area contributed by atoms with Crippen LogP contribution in [0.2, 0.25) is 0 Å². The molecule has 1 atom stereocenters. The lowest BCUT2D eigenvalue weighted by atomic mass is 10.1. The van der Waals surface area contributed by atoms with Crippen LogP contribution in [0.3, 0.4) is 0 Å². The van der Waals surface area contributed by atoms with E-state index in [1.54, 1.807) is 0 Å². The molecule has 0 fully saturated rings. The van der Waals surface area contributed by atoms with Gasteiger partial charge in [0.2, 0.25) is 29.7 Å². The Labute approximate surface area is 206 Å². The van der Waals surface area contributed by atoms with Crippen LogP contribution in [0.5, 0.6) is 5.75 Å². The number of sulfonamides is 1. The van der Waals surface area contributed by atoms with Crippen molar-refractivity contribution in [2.75, 3.05) is 6.26 Å². The summed E-state index contributed by atoms with van der Waals surface area (Å²) in [7, 11) is -13.0. The van der Waals surface area contributed by atoms with E-state index in [9.17, 15) is 38.4 Å². The molecule has 3 rings (SSSR count). The van der Waals surface area contributed by atoms with Crippen molar-refractivity contribution in [2.45, 2.75) is 39.2 Å². The van der Waals surface area contributed by atoms with Gasteiger partial charge in [0, 0.05) is 12.1 Å². The zero-order chi connectivity index (χ0) is 26.9. The van der Waals surface area contributed by atoms with Crippen molar-refractivity contribution in [2.24, 2.45) is 0 Å². The minimum atomic E-state index is -4.85. The van der Waals surface area contributed by atoms with Gasteiger partial charge < -0.3 is 4.74 Å². The molecule has 0 aromatic heterocycles. The molecule has 0 radical (unpaired) electrons. The fraction of sp³-hybridized carbons (Fsp3) is 0.182. The number of nitrogens with one attached hydrogen (secondary N) is 1. The summed E-state index contributed by atoms with van der Waals surface area (Å²) >= 11 is 0. The van der Waals surface area contributed by atoms with Gasteiger partial charge in [-0.2, -0.15) is 8.78 Å². The molecule has 3 aromatic rings. The highest BCUT2D eigenvalue weighted by Crippen LogP contribution is 2.35. The normalized spacial score (nSPS) is 13.5. The Morgan fingerprint density at radius 2 is 1.39 bits per heavy atom. The first kappa shape index (κ1) is 27.6. The average Bonchev–Trinajstić information content (AvgIpc) is 2.77. The van der Waals surface area contributed by atoms with Gasteiger partial charge in [0.15, 0.2) is 0 Å². The number of ether oxygens (including phenoxy) is 1. The maximum absolute atomic E-state index is 14.3. The summed E-state index contributed by atoms with van der Waals surface area (Å²) in [6.45, 7) is -1.79. The fourth-order valence-electron chi connectivity index (χ4n) is 3.33. The molecule has 14 heteroatoms. The molecule has 0 saturated carbocycles. The Hall–Kier alpha value is -2.94. The Bertz CT molecular complexity index is 1590. The first-order valence-corrected chi connectivity index (χ1v) is 14.9. The van der Waals surface area contributed by atoms with Crippen molar-refractivity contribution in [3.63, 3.8) is 0 Å². The molecule has 8 nitrogen and oxygen atoms in total. The SMILES string of the molecule is CC(NS(C)(=O)=O)c1ccc(S(=O)(=O)c2ccc(OC(F)F)cc2S(=O)(=O)c2ccccc2F)cc1. The zero-order valence-corrected chi connectivity index (χ0v) is 21.2. The molecule has 36 heavy (non-hydrogen) atoms. The quantitative estimate of drug-likeness (QED) is 0.421. The van der Waals surface area contributed by atoms with Gasteiger partial charge in [-0.3, -0.25) is 0 Å². The zero-order valence-electron chi connectivity index (χ0n) is 18.7. The minimum Gasteiger partial charge on any atom is -0.435 e. The van der Waals surface area contributed by atoms with E-state index < -0.39 is 68.6 Å². The van der Waals surface area contributed by atoms with Gasteiger partial charge in [-0.05, 0) is 48.9 Å². The van der Waals surface area contributed by atoms with Crippen molar-refractivity contribution in [1.29, 1.82) is 0 Å². The second kappa shape index (κ2) is 10.2. The Morgan fingerprint density at radius 3 is 1.94 bits per heavy atom. The van der Waals surface area contributed by atoms with E-state index in [2.05, 4.69) is 9.46 Å². The standard InChI is InChI=1S/C22H20F3NO7S3/c1-14(26-34(2,27)28)15-7-10-17(11-8-15)35(29,30)20-12-9-16(33-22(24)25)13-21(20)36(31,32)19-6-4-3-5-18(19)23/h3-14,22,26H,1-2H3. The van der Waals surface area contributed by atoms with Crippen molar-refractivity contribution in [3.8, 4) is 5.75 Å². The van der Waals surface area contributed by atoms with E-state index in [1.807, 2.05) is 0 Å². The largest absolute Gasteiger partial charge is 0.435 e. The molecule has 0 spiro atoms. The molecule has 194 valence electrons. The number of hydrogen-bond donors (Lipinski definition) is 1. The highest BCUT2D eigenvalue weighted by molar-refractivity contribution is 7.94. The van der Waals surface area contributed by atoms with E-state index in [-0.39, 0.29) is 4.90 Å². The van der Waals surface area contributed by atoms with Crippen molar-refractivity contribution >= 4 is 29.7 Å². The van der Waals surface area contributed by atoms with Gasteiger partial charge in [0.1, 0.15) is 16.5 Å². The van der Waals surface area contributed by atoms with E-state index in [1.165, 1.54) is 31.2 Å². The first-order valence-electron chi connectivity index (χ1n) is 10.0. The van der Waals surface area contributed by atoms with Crippen LogP contribution in [0, 0.1) is 5.82 Å². The maximum Gasteiger partial charge on any atom is 0.387 e. The van der Waals surface area contributed by atoms with Gasteiger partial charge in [0.25, 0.3) is 0 Å². The van der Waals surface area contributed by atoms with E-state index in [0.717, 1.165) is 42.7 Å². The molecule has 0 heterocycles. The molecule has 0 aliphatic carbocycles. The number of hydrogen-bond acceptors (Lipinski definition) is 7. The van der Waals surface area contributed by atoms with Crippen LogP contribution < -0.4 is 9.46 Å². The summed E-state index contributed by atoms with van der Waals surface area (Å²) in [6, 6.07) is 10.7. The van der Waals surface area contributed by atoms with Gasteiger partial charge in [0.05, 0.1) is 20.9 Å². The van der Waals surface area contributed by atoms with Crippen LogP contribution in [-0.2, 0) is 29.7 Å². The number of halogens is 3. The molecule has 3 aromatic carbocycles. The third kappa shape index (κ3) is 6.06. The van der Waals surface area contributed by atoms with Crippen LogP contribution in [-0.4, -0.2) is 38.1 Å². The topological polar surface area (TPSA) is 124 Å². The molecule has 1 unspecified atom stereocenters. The van der Waals surface area contributed by atoms with Gasteiger partial charge in [-0.1, -0.05) is 24.3 Å². The lowest BCUT2D eigenvalue weighted by molar-refractivity contribution is -0.0500. The molecule has 0 aliphatic heterocycles. The maximum atomic E-state index is 14.3. The Balaban J connectivity index is 2.16. The molecule has 1 N–H and O–H groups in total. The van der Waals surface area contributed by atoms with Gasteiger partial charge >= 0.3 is 6.61 Å². The number of alkyl halides is 2. The second-order valence-corrected chi connectivity index (χ2v) is 13.2. The van der Waals surface area contributed by atoms with E-state index >= 15 is 0 Å².